The Bertz CT molecular complexity index is 621. The van der Waals surface area contributed by atoms with Gasteiger partial charge >= 0.3 is 0 Å². The van der Waals surface area contributed by atoms with Crippen LogP contribution in [0.25, 0.3) is 0 Å². The van der Waals surface area contributed by atoms with E-state index < -0.39 is 14.6 Å². The van der Waals surface area contributed by atoms with Crippen molar-refractivity contribution in [3.05, 3.63) is 27.7 Å². The number of hydrogen-bond acceptors (Lipinski definition) is 3. The quantitative estimate of drug-likeness (QED) is 0.815. The highest BCUT2D eigenvalue weighted by atomic mass is 79.9. The van der Waals surface area contributed by atoms with E-state index in [1.807, 2.05) is 20.8 Å². The molecule has 0 atom stereocenters. The molecule has 1 N–H and O–H groups in total. The topological polar surface area (TPSA) is 63.2 Å². The smallest absolute Gasteiger partial charge is 0.261 e. The second-order valence-corrected chi connectivity index (χ2v) is 8.67. The van der Waals surface area contributed by atoms with E-state index in [4.69, 9.17) is 10.7 Å². The molecular formula is C12H15BrClNO3S. The third kappa shape index (κ3) is 4.47. The summed E-state index contributed by atoms with van der Waals surface area (Å²) in [6.07, 6.45) is 0. The maximum absolute atomic E-state index is 12.1. The molecule has 0 aliphatic heterocycles. The highest BCUT2D eigenvalue weighted by molar-refractivity contribution is 9.10. The summed E-state index contributed by atoms with van der Waals surface area (Å²) >= 11 is 3.18. The Kier molecular flexibility index (Phi) is 4.70. The summed E-state index contributed by atoms with van der Waals surface area (Å²) < 4.78 is 23.4. The summed E-state index contributed by atoms with van der Waals surface area (Å²) in [5.41, 5.74) is 0.203. The van der Waals surface area contributed by atoms with Crippen LogP contribution in [0.4, 0.5) is 0 Å². The molecule has 0 unspecified atom stereocenters. The third-order valence-electron chi connectivity index (χ3n) is 2.32. The van der Waals surface area contributed by atoms with Crippen molar-refractivity contribution in [2.45, 2.75) is 38.1 Å². The van der Waals surface area contributed by atoms with Gasteiger partial charge in [0.05, 0.1) is 4.90 Å². The lowest BCUT2D eigenvalue weighted by Crippen LogP contribution is -2.40. The van der Waals surface area contributed by atoms with Gasteiger partial charge in [-0.15, -0.1) is 0 Å². The van der Waals surface area contributed by atoms with Crippen LogP contribution >= 0.6 is 26.6 Å². The van der Waals surface area contributed by atoms with Crippen molar-refractivity contribution in [2.24, 2.45) is 0 Å². The fourth-order valence-electron chi connectivity index (χ4n) is 1.55. The Balaban J connectivity index is 3.38. The van der Waals surface area contributed by atoms with Gasteiger partial charge in [0.2, 0.25) is 0 Å². The molecule has 0 aliphatic carbocycles. The van der Waals surface area contributed by atoms with Crippen LogP contribution in [0.3, 0.4) is 0 Å². The maximum atomic E-state index is 12.1. The van der Waals surface area contributed by atoms with E-state index in [9.17, 15) is 13.2 Å². The molecule has 0 spiro atoms. The Hall–Kier alpha value is -0.590. The van der Waals surface area contributed by atoms with Gasteiger partial charge in [-0.05, 0) is 45.4 Å². The van der Waals surface area contributed by atoms with Gasteiger partial charge in [-0.1, -0.05) is 15.9 Å². The molecule has 1 aromatic carbocycles. The van der Waals surface area contributed by atoms with Crippen LogP contribution in [-0.2, 0) is 9.05 Å². The molecule has 19 heavy (non-hydrogen) atoms. The first-order valence-corrected chi connectivity index (χ1v) is 8.59. The summed E-state index contributed by atoms with van der Waals surface area (Å²) in [4.78, 5) is 12.1. The molecule has 1 rings (SSSR count). The monoisotopic (exact) mass is 367 g/mol. The molecule has 0 bridgehead atoms. The van der Waals surface area contributed by atoms with Crippen LogP contribution in [0, 0.1) is 6.92 Å². The van der Waals surface area contributed by atoms with Crippen molar-refractivity contribution in [1.29, 1.82) is 0 Å². The summed E-state index contributed by atoms with van der Waals surface area (Å²) in [5.74, 6) is -0.340. The second kappa shape index (κ2) is 5.42. The van der Waals surface area contributed by atoms with E-state index in [0.717, 1.165) is 0 Å². The first kappa shape index (κ1) is 16.5. The molecule has 0 saturated heterocycles. The number of nitrogens with one attached hydrogen (secondary N) is 1. The summed E-state index contributed by atoms with van der Waals surface area (Å²) in [5, 5.41) is 2.78. The van der Waals surface area contributed by atoms with Crippen molar-refractivity contribution in [3.8, 4) is 0 Å². The van der Waals surface area contributed by atoms with Crippen molar-refractivity contribution in [3.63, 3.8) is 0 Å². The lowest BCUT2D eigenvalue weighted by Gasteiger charge is -2.21. The van der Waals surface area contributed by atoms with Gasteiger partial charge in [0.15, 0.2) is 0 Å². The van der Waals surface area contributed by atoms with Crippen molar-refractivity contribution in [1.82, 2.24) is 5.32 Å². The minimum atomic E-state index is -3.89. The van der Waals surface area contributed by atoms with Gasteiger partial charge < -0.3 is 5.32 Å². The Morgan fingerprint density at radius 3 is 2.26 bits per heavy atom. The van der Waals surface area contributed by atoms with Crippen LogP contribution < -0.4 is 5.32 Å². The van der Waals surface area contributed by atoms with Crippen LogP contribution in [0.5, 0.6) is 0 Å². The van der Waals surface area contributed by atoms with Gasteiger partial charge in [-0.25, -0.2) is 8.42 Å². The summed E-state index contributed by atoms with van der Waals surface area (Å²) in [7, 11) is 1.47. The number of carbonyl (C=O) groups is 1. The van der Waals surface area contributed by atoms with Crippen molar-refractivity contribution < 1.29 is 13.2 Å². The number of carbonyl (C=O) groups excluding carboxylic acids is 1. The highest BCUT2D eigenvalue weighted by Gasteiger charge is 2.22. The highest BCUT2D eigenvalue weighted by Crippen LogP contribution is 2.27. The zero-order valence-electron chi connectivity index (χ0n) is 11.0. The normalized spacial score (nSPS) is 12.3. The first-order valence-electron chi connectivity index (χ1n) is 5.49. The first-order chi connectivity index (χ1) is 8.42. The standard InChI is InChI=1S/C12H15BrClNO3S/c1-7-9(11(16)15-12(2,3)4)5-8(13)6-10(7)19(14,17)18/h5-6H,1-4H3,(H,15,16). The zero-order chi connectivity index (χ0) is 15.0. The SMILES string of the molecule is Cc1c(C(=O)NC(C)(C)C)cc(Br)cc1S(=O)(=O)Cl. The number of rotatable bonds is 2. The predicted octanol–water partition coefficient (Wildman–Crippen LogP) is 3.21. The minimum absolute atomic E-state index is 0.0670. The molecule has 0 radical (unpaired) electrons. The molecule has 0 aliphatic rings. The average molecular weight is 369 g/mol. The lowest BCUT2D eigenvalue weighted by atomic mass is 10.0. The number of benzene rings is 1. The molecule has 0 heterocycles. The molecule has 4 nitrogen and oxygen atoms in total. The fourth-order valence-corrected chi connectivity index (χ4v) is 3.38. The van der Waals surface area contributed by atoms with Crippen molar-refractivity contribution >= 4 is 41.6 Å². The lowest BCUT2D eigenvalue weighted by molar-refractivity contribution is 0.0918. The fraction of sp³-hybridized carbons (Fsp3) is 0.417. The Morgan fingerprint density at radius 1 is 1.32 bits per heavy atom. The molecular weight excluding hydrogens is 354 g/mol. The van der Waals surface area contributed by atoms with E-state index in [0.29, 0.717) is 10.0 Å². The van der Waals surface area contributed by atoms with E-state index >= 15 is 0 Å². The van der Waals surface area contributed by atoms with E-state index in [-0.39, 0.29) is 16.4 Å². The minimum Gasteiger partial charge on any atom is -0.347 e. The van der Waals surface area contributed by atoms with Gasteiger partial charge in [0, 0.05) is 26.3 Å². The van der Waals surface area contributed by atoms with Gasteiger partial charge in [0.25, 0.3) is 15.0 Å². The molecule has 106 valence electrons. The second-order valence-electron chi connectivity index (χ2n) is 5.22. The zero-order valence-corrected chi connectivity index (χ0v) is 14.2. The summed E-state index contributed by atoms with van der Waals surface area (Å²) in [6, 6.07) is 2.95. The average Bonchev–Trinajstić information content (AvgIpc) is 2.16. The van der Waals surface area contributed by atoms with E-state index in [1.165, 1.54) is 6.07 Å². The molecule has 1 amide bonds. The summed E-state index contributed by atoms with van der Waals surface area (Å²) in [6.45, 7) is 7.09. The third-order valence-corrected chi connectivity index (χ3v) is 4.23. The van der Waals surface area contributed by atoms with Crippen LogP contribution in [-0.4, -0.2) is 19.9 Å². The van der Waals surface area contributed by atoms with Crippen molar-refractivity contribution in [2.75, 3.05) is 0 Å². The van der Waals surface area contributed by atoms with E-state index in [1.54, 1.807) is 13.0 Å². The molecule has 0 aromatic heterocycles. The largest absolute Gasteiger partial charge is 0.347 e. The number of hydrogen-bond donors (Lipinski definition) is 1. The van der Waals surface area contributed by atoms with Crippen LogP contribution in [0.2, 0.25) is 0 Å². The van der Waals surface area contributed by atoms with Gasteiger partial charge in [0.1, 0.15) is 0 Å². The number of amides is 1. The van der Waals surface area contributed by atoms with Gasteiger partial charge in [-0.3, -0.25) is 4.79 Å². The van der Waals surface area contributed by atoms with Crippen LogP contribution in [0.15, 0.2) is 21.5 Å². The Labute approximate surface area is 126 Å². The van der Waals surface area contributed by atoms with Crippen LogP contribution in [0.1, 0.15) is 36.7 Å². The van der Waals surface area contributed by atoms with E-state index in [2.05, 4.69) is 21.2 Å². The molecule has 7 heteroatoms. The maximum Gasteiger partial charge on any atom is 0.261 e. The Morgan fingerprint density at radius 2 is 1.84 bits per heavy atom. The molecule has 0 saturated carbocycles. The molecule has 0 fully saturated rings. The number of halogens is 2. The molecule has 1 aromatic rings. The predicted molar refractivity (Wildman–Crippen MR) is 79.1 cm³/mol. The van der Waals surface area contributed by atoms with Gasteiger partial charge in [-0.2, -0.15) is 0 Å².